The lowest BCUT2D eigenvalue weighted by atomic mass is 9.53. The molecule has 4 bridgehead atoms. The summed E-state index contributed by atoms with van der Waals surface area (Å²) in [6.45, 7) is 0.599. The normalized spacial score (nSPS) is 31.3. The third-order valence-corrected chi connectivity index (χ3v) is 6.33. The highest BCUT2D eigenvalue weighted by atomic mass is 35.5. The number of halogens is 1. The second kappa shape index (κ2) is 7.65. The molecule has 0 spiro atoms. The maximum Gasteiger partial charge on any atom is 0.255 e. The molecule has 5 rings (SSSR count). The molecule has 0 aromatic heterocycles. The molecule has 0 radical (unpaired) electrons. The minimum atomic E-state index is -0.481. The number of amides is 1. The molecule has 0 atom stereocenters. The zero-order valence-electron chi connectivity index (χ0n) is 15.3. The van der Waals surface area contributed by atoms with Crippen LogP contribution in [0.1, 0.15) is 44.1 Å². The number of rotatable bonds is 7. The van der Waals surface area contributed by atoms with Crippen LogP contribution >= 0.6 is 0 Å². The van der Waals surface area contributed by atoms with E-state index < -0.39 is 5.91 Å². The van der Waals surface area contributed by atoms with Gasteiger partial charge in [-0.25, -0.2) is 0 Å². The molecule has 4 fully saturated rings. The second-order valence-corrected chi connectivity index (χ2v) is 8.25. The van der Waals surface area contributed by atoms with Gasteiger partial charge in [0.25, 0.3) is 5.91 Å². The number of ether oxygens (including phenoxy) is 2. The summed E-state index contributed by atoms with van der Waals surface area (Å²) in [6, 6.07) is 5.85. The topological polar surface area (TPSA) is 73.6 Å². The molecule has 1 aromatic rings. The molecule has 4 aliphatic carbocycles. The minimum Gasteiger partial charge on any atom is -1.00 e. The Morgan fingerprint density at radius 3 is 2.35 bits per heavy atom. The summed E-state index contributed by atoms with van der Waals surface area (Å²) in [5.74, 6) is 3.52. The molecule has 0 saturated heterocycles. The molecule has 4 saturated carbocycles. The van der Waals surface area contributed by atoms with E-state index in [2.05, 4.69) is 5.32 Å². The van der Waals surface area contributed by atoms with Gasteiger partial charge in [0.05, 0.1) is 7.11 Å². The van der Waals surface area contributed by atoms with Crippen molar-refractivity contribution in [2.45, 2.75) is 50.6 Å². The minimum absolute atomic E-state index is 0. The van der Waals surface area contributed by atoms with E-state index in [0.717, 1.165) is 29.9 Å². The van der Waals surface area contributed by atoms with Gasteiger partial charge in [0, 0.05) is 17.6 Å². The molecule has 3 N–H and O–H groups in total. The number of methoxy groups -OCH3 is 1. The average Bonchev–Trinajstić information content (AvgIpc) is 2.57. The number of hydrogen-bond acceptors (Lipinski definition) is 4. The SMILES string of the molecule is COc1cccc(CNC23CC4CC(CC(C4)C2)C3)c1OCC(N)=O.[Cl-]. The summed E-state index contributed by atoms with van der Waals surface area (Å²) < 4.78 is 11.1. The Balaban J connectivity index is 0.00000196. The summed E-state index contributed by atoms with van der Waals surface area (Å²) in [7, 11) is 1.61. The Hall–Kier alpha value is -1.46. The van der Waals surface area contributed by atoms with Crippen LogP contribution in [0.5, 0.6) is 11.5 Å². The molecule has 0 unspecified atom stereocenters. The Morgan fingerprint density at radius 2 is 1.81 bits per heavy atom. The molecule has 0 heterocycles. The van der Waals surface area contributed by atoms with E-state index in [0.29, 0.717) is 17.0 Å². The van der Waals surface area contributed by atoms with Gasteiger partial charge in [-0.15, -0.1) is 0 Å². The van der Waals surface area contributed by atoms with Crippen molar-refractivity contribution >= 4 is 5.91 Å². The summed E-state index contributed by atoms with van der Waals surface area (Å²) in [5, 5.41) is 3.87. The molecule has 6 heteroatoms. The molecule has 5 nitrogen and oxygen atoms in total. The lowest BCUT2D eigenvalue weighted by molar-refractivity contribution is -0.120. The molecule has 4 aliphatic rings. The summed E-state index contributed by atoms with van der Waals surface area (Å²) in [6.07, 6.45) is 8.23. The number of hydrogen-bond donors (Lipinski definition) is 2. The van der Waals surface area contributed by atoms with E-state index in [1.807, 2.05) is 18.2 Å². The van der Waals surface area contributed by atoms with Crippen LogP contribution in [0.4, 0.5) is 0 Å². The summed E-state index contributed by atoms with van der Waals surface area (Å²) in [4.78, 5) is 11.1. The van der Waals surface area contributed by atoms with E-state index in [1.165, 1.54) is 38.5 Å². The fraction of sp³-hybridized carbons (Fsp3) is 0.650. The van der Waals surface area contributed by atoms with Crippen molar-refractivity contribution < 1.29 is 26.7 Å². The van der Waals surface area contributed by atoms with Gasteiger partial charge in [-0.2, -0.15) is 0 Å². The van der Waals surface area contributed by atoms with Crippen LogP contribution in [0.25, 0.3) is 0 Å². The van der Waals surface area contributed by atoms with Gasteiger partial charge < -0.3 is 32.9 Å². The molecule has 144 valence electrons. The molecular formula is C20H28ClN2O3-. The average molecular weight is 380 g/mol. The van der Waals surface area contributed by atoms with E-state index in [9.17, 15) is 4.79 Å². The third kappa shape index (κ3) is 3.79. The Labute approximate surface area is 161 Å². The van der Waals surface area contributed by atoms with Crippen LogP contribution in [0, 0.1) is 17.8 Å². The number of primary amides is 1. The number of benzene rings is 1. The van der Waals surface area contributed by atoms with Crippen molar-refractivity contribution in [1.82, 2.24) is 5.32 Å². The highest BCUT2D eigenvalue weighted by Crippen LogP contribution is 2.55. The van der Waals surface area contributed by atoms with Gasteiger partial charge in [-0.05, 0) is 62.3 Å². The van der Waals surface area contributed by atoms with Crippen molar-refractivity contribution in [1.29, 1.82) is 0 Å². The summed E-state index contributed by atoms with van der Waals surface area (Å²) in [5.41, 5.74) is 6.55. The van der Waals surface area contributed by atoms with Gasteiger partial charge in [0.15, 0.2) is 18.1 Å². The van der Waals surface area contributed by atoms with E-state index in [-0.39, 0.29) is 19.0 Å². The third-order valence-electron chi connectivity index (χ3n) is 6.33. The van der Waals surface area contributed by atoms with Gasteiger partial charge in [0.2, 0.25) is 0 Å². The zero-order valence-corrected chi connectivity index (χ0v) is 16.1. The number of nitrogens with one attached hydrogen (secondary N) is 1. The first-order valence-corrected chi connectivity index (χ1v) is 9.39. The fourth-order valence-corrected chi connectivity index (χ4v) is 5.78. The van der Waals surface area contributed by atoms with Gasteiger partial charge >= 0.3 is 0 Å². The first-order chi connectivity index (χ1) is 12.1. The molecule has 0 aliphatic heterocycles. The second-order valence-electron chi connectivity index (χ2n) is 8.25. The van der Waals surface area contributed by atoms with Gasteiger partial charge in [-0.1, -0.05) is 12.1 Å². The monoisotopic (exact) mass is 379 g/mol. The highest BCUT2D eigenvalue weighted by molar-refractivity contribution is 5.75. The lowest BCUT2D eigenvalue weighted by Crippen LogP contribution is -3.00. The molecule has 1 amide bonds. The van der Waals surface area contributed by atoms with Crippen molar-refractivity contribution in [2.24, 2.45) is 23.5 Å². The Morgan fingerprint density at radius 1 is 1.19 bits per heavy atom. The van der Waals surface area contributed by atoms with Crippen LogP contribution in [-0.2, 0) is 11.3 Å². The van der Waals surface area contributed by atoms with E-state index in [1.54, 1.807) is 7.11 Å². The van der Waals surface area contributed by atoms with Crippen LogP contribution in [-0.4, -0.2) is 25.2 Å². The molecule has 1 aromatic carbocycles. The Kier molecular flexibility index (Phi) is 5.68. The molecule has 26 heavy (non-hydrogen) atoms. The van der Waals surface area contributed by atoms with Gasteiger partial charge in [0.1, 0.15) is 0 Å². The Bertz CT molecular complexity index is 629. The van der Waals surface area contributed by atoms with Crippen LogP contribution < -0.4 is 32.9 Å². The predicted octanol–water partition coefficient (Wildman–Crippen LogP) is -0.378. The van der Waals surface area contributed by atoms with Crippen molar-refractivity contribution in [2.75, 3.05) is 13.7 Å². The maximum atomic E-state index is 11.1. The van der Waals surface area contributed by atoms with E-state index >= 15 is 0 Å². The maximum absolute atomic E-state index is 11.1. The first-order valence-electron chi connectivity index (χ1n) is 9.39. The first kappa shape index (κ1) is 19.3. The van der Waals surface area contributed by atoms with Gasteiger partial charge in [-0.3, -0.25) is 4.79 Å². The largest absolute Gasteiger partial charge is 1.00 e. The highest BCUT2D eigenvalue weighted by Gasteiger charge is 2.50. The number of nitrogens with two attached hydrogens (primary N) is 1. The van der Waals surface area contributed by atoms with Crippen LogP contribution in [0.3, 0.4) is 0 Å². The smallest absolute Gasteiger partial charge is 0.255 e. The number of carbonyl (C=O) groups is 1. The summed E-state index contributed by atoms with van der Waals surface area (Å²) >= 11 is 0. The fourth-order valence-electron chi connectivity index (χ4n) is 5.78. The van der Waals surface area contributed by atoms with Crippen molar-refractivity contribution in [3.63, 3.8) is 0 Å². The zero-order chi connectivity index (χ0) is 17.4. The van der Waals surface area contributed by atoms with Crippen molar-refractivity contribution in [3.05, 3.63) is 23.8 Å². The van der Waals surface area contributed by atoms with Crippen molar-refractivity contribution in [3.8, 4) is 11.5 Å². The van der Waals surface area contributed by atoms with E-state index in [4.69, 9.17) is 15.2 Å². The predicted molar refractivity (Wildman–Crippen MR) is 95.4 cm³/mol. The van der Waals surface area contributed by atoms with Crippen LogP contribution in [0.2, 0.25) is 0 Å². The quantitative estimate of drug-likeness (QED) is 0.677. The number of carbonyl (C=O) groups excluding carboxylic acids is 1. The standard InChI is InChI=1S/C20H28N2O3.ClH/c1-24-17-4-2-3-16(19(17)25-12-18(21)23)11-22-20-8-13-5-14(9-20)7-15(6-13)10-20;/h2-4,13-15,22H,5-12H2,1H3,(H2,21,23);1H/p-1. The number of para-hydroxylation sites is 1. The van der Waals surface area contributed by atoms with Crippen LogP contribution in [0.15, 0.2) is 18.2 Å². The lowest BCUT2D eigenvalue weighted by Gasteiger charge is -2.57. The molecular weight excluding hydrogens is 352 g/mol.